The van der Waals surface area contributed by atoms with Gasteiger partial charge in [0.25, 0.3) is 0 Å². The third kappa shape index (κ3) is 2.94. The van der Waals surface area contributed by atoms with Crippen molar-refractivity contribution in [3.05, 3.63) is 47.0 Å². The summed E-state index contributed by atoms with van der Waals surface area (Å²) < 4.78 is 15.6. The predicted molar refractivity (Wildman–Crippen MR) is 80.2 cm³/mol. The van der Waals surface area contributed by atoms with Gasteiger partial charge in [-0.25, -0.2) is 13.9 Å². The van der Waals surface area contributed by atoms with Crippen LogP contribution in [0.1, 0.15) is 34.5 Å². The Kier molecular flexibility index (Phi) is 3.85. The topological polar surface area (TPSA) is 75.4 Å². The zero-order valence-corrected chi connectivity index (χ0v) is 12.6. The van der Waals surface area contributed by atoms with Gasteiger partial charge in [0.1, 0.15) is 11.5 Å². The number of aldehydes is 1. The van der Waals surface area contributed by atoms with E-state index in [4.69, 9.17) is 0 Å². The number of para-hydroxylation sites is 1. The molecule has 1 N–H and O–H groups in total. The molecule has 6 nitrogen and oxygen atoms in total. The van der Waals surface area contributed by atoms with Crippen LogP contribution in [0.15, 0.2) is 24.4 Å². The summed E-state index contributed by atoms with van der Waals surface area (Å²) in [4.78, 5) is 23.7. The van der Waals surface area contributed by atoms with Crippen LogP contribution in [0.5, 0.6) is 0 Å². The molecule has 1 fully saturated rings. The monoisotopic (exact) mass is 317 g/mol. The van der Waals surface area contributed by atoms with E-state index in [1.165, 1.54) is 27.9 Å². The van der Waals surface area contributed by atoms with Crippen molar-refractivity contribution in [3.8, 4) is 5.69 Å². The van der Waals surface area contributed by atoms with Crippen molar-refractivity contribution in [2.75, 3.05) is 0 Å². The molecule has 1 aromatic carbocycles. The zero-order valence-electron chi connectivity index (χ0n) is 12.6. The van der Waals surface area contributed by atoms with Gasteiger partial charge < -0.3 is 10.0 Å². The summed E-state index contributed by atoms with van der Waals surface area (Å²) in [7, 11) is 0. The average Bonchev–Trinajstić information content (AvgIpc) is 3.27. The van der Waals surface area contributed by atoms with Crippen molar-refractivity contribution < 1.29 is 19.1 Å². The Bertz CT molecular complexity index is 768. The van der Waals surface area contributed by atoms with E-state index in [0.29, 0.717) is 23.1 Å². The first-order chi connectivity index (χ1) is 11.0. The molecule has 0 aliphatic heterocycles. The average molecular weight is 317 g/mol. The Labute approximate surface area is 132 Å². The fraction of sp³-hybridized carbons (Fsp3) is 0.312. The van der Waals surface area contributed by atoms with E-state index in [1.807, 2.05) is 0 Å². The van der Waals surface area contributed by atoms with Crippen LogP contribution in [-0.4, -0.2) is 38.2 Å². The van der Waals surface area contributed by atoms with Crippen LogP contribution in [0.3, 0.4) is 0 Å². The third-order valence-electron chi connectivity index (χ3n) is 3.94. The summed E-state index contributed by atoms with van der Waals surface area (Å²) >= 11 is 0. The van der Waals surface area contributed by atoms with Crippen molar-refractivity contribution in [3.63, 3.8) is 0 Å². The molecule has 3 rings (SSSR count). The number of amides is 1. The third-order valence-corrected chi connectivity index (χ3v) is 3.94. The van der Waals surface area contributed by atoms with Crippen LogP contribution < -0.4 is 0 Å². The highest BCUT2D eigenvalue weighted by Gasteiger charge is 2.33. The molecule has 7 heteroatoms. The first kappa shape index (κ1) is 15.2. The molecule has 0 bridgehead atoms. The number of nitrogens with zero attached hydrogens (tertiary/aromatic N) is 3. The molecule has 1 saturated carbocycles. The first-order valence-corrected chi connectivity index (χ1v) is 7.30. The minimum Gasteiger partial charge on any atom is -0.465 e. The Morgan fingerprint density at radius 3 is 2.83 bits per heavy atom. The number of halogens is 1. The maximum Gasteiger partial charge on any atom is 0.407 e. The van der Waals surface area contributed by atoms with Gasteiger partial charge in [-0.1, -0.05) is 12.1 Å². The zero-order chi connectivity index (χ0) is 16.6. The molecule has 1 aliphatic carbocycles. The number of hydrogen-bond donors (Lipinski definition) is 1. The van der Waals surface area contributed by atoms with E-state index >= 15 is 0 Å². The second kappa shape index (κ2) is 5.83. The molecule has 2 aromatic rings. The molecule has 0 atom stereocenters. The Morgan fingerprint density at radius 2 is 2.26 bits per heavy atom. The number of carboxylic acid groups (broad SMARTS) is 1. The molecule has 0 saturated heterocycles. The Balaban J connectivity index is 2.02. The second-order valence-corrected chi connectivity index (χ2v) is 5.62. The molecule has 1 amide bonds. The van der Waals surface area contributed by atoms with Gasteiger partial charge in [0, 0.05) is 17.8 Å². The minimum atomic E-state index is -1.02. The number of benzene rings is 1. The lowest BCUT2D eigenvalue weighted by Gasteiger charge is -2.20. The van der Waals surface area contributed by atoms with Gasteiger partial charge in [-0.05, 0) is 25.8 Å². The highest BCUT2D eigenvalue weighted by molar-refractivity contribution is 5.76. The van der Waals surface area contributed by atoms with E-state index in [9.17, 15) is 19.1 Å². The fourth-order valence-electron chi connectivity index (χ4n) is 2.57. The minimum absolute atomic E-state index is 0.00601. The molecule has 0 radical (unpaired) electrons. The van der Waals surface area contributed by atoms with Crippen molar-refractivity contribution in [2.24, 2.45) is 0 Å². The van der Waals surface area contributed by atoms with Crippen molar-refractivity contribution >= 4 is 12.4 Å². The van der Waals surface area contributed by atoms with Gasteiger partial charge in [-0.3, -0.25) is 4.79 Å². The quantitative estimate of drug-likeness (QED) is 0.860. The van der Waals surface area contributed by atoms with E-state index in [0.717, 1.165) is 12.8 Å². The molecule has 23 heavy (non-hydrogen) atoms. The van der Waals surface area contributed by atoms with E-state index < -0.39 is 11.9 Å². The fourth-order valence-corrected chi connectivity index (χ4v) is 2.57. The van der Waals surface area contributed by atoms with Crippen LogP contribution in [0, 0.1) is 12.7 Å². The largest absolute Gasteiger partial charge is 0.465 e. The SMILES string of the molecule is Cc1nn(-c2c(F)cccc2CN(C(=O)O)C2CC2)cc1C=O. The predicted octanol–water partition coefficient (Wildman–Crippen LogP) is 2.77. The van der Waals surface area contributed by atoms with Crippen LogP contribution in [0.25, 0.3) is 5.69 Å². The number of carbonyl (C=O) groups excluding carboxylic acids is 1. The second-order valence-electron chi connectivity index (χ2n) is 5.62. The molecule has 1 aliphatic rings. The number of aromatic nitrogens is 2. The summed E-state index contributed by atoms with van der Waals surface area (Å²) in [6, 6.07) is 4.50. The van der Waals surface area contributed by atoms with E-state index in [-0.39, 0.29) is 18.3 Å². The number of rotatable bonds is 5. The Morgan fingerprint density at radius 1 is 1.52 bits per heavy atom. The van der Waals surface area contributed by atoms with Gasteiger partial charge in [-0.2, -0.15) is 5.10 Å². The van der Waals surface area contributed by atoms with Gasteiger partial charge in [0.2, 0.25) is 0 Å². The number of carbonyl (C=O) groups is 2. The van der Waals surface area contributed by atoms with Crippen molar-refractivity contribution in [1.29, 1.82) is 0 Å². The normalized spacial score (nSPS) is 13.8. The Hall–Kier alpha value is -2.70. The van der Waals surface area contributed by atoms with Gasteiger partial charge in [0.15, 0.2) is 6.29 Å². The van der Waals surface area contributed by atoms with Gasteiger partial charge >= 0.3 is 6.09 Å². The lowest BCUT2D eigenvalue weighted by molar-refractivity contribution is 0.112. The molecular formula is C16H16FN3O3. The number of hydrogen-bond acceptors (Lipinski definition) is 3. The number of aryl methyl sites for hydroxylation is 1. The van der Waals surface area contributed by atoms with Gasteiger partial charge in [-0.15, -0.1) is 0 Å². The van der Waals surface area contributed by atoms with Crippen molar-refractivity contribution in [1.82, 2.24) is 14.7 Å². The first-order valence-electron chi connectivity index (χ1n) is 7.30. The van der Waals surface area contributed by atoms with Crippen LogP contribution in [0.2, 0.25) is 0 Å². The lowest BCUT2D eigenvalue weighted by Crippen LogP contribution is -2.31. The molecule has 1 heterocycles. The molecule has 1 aromatic heterocycles. The molecule has 120 valence electrons. The maximum absolute atomic E-state index is 14.3. The summed E-state index contributed by atoms with van der Waals surface area (Å²) in [5, 5.41) is 13.5. The van der Waals surface area contributed by atoms with Crippen LogP contribution in [-0.2, 0) is 6.54 Å². The maximum atomic E-state index is 14.3. The smallest absolute Gasteiger partial charge is 0.407 e. The molecular weight excluding hydrogens is 301 g/mol. The highest BCUT2D eigenvalue weighted by Crippen LogP contribution is 2.30. The molecule has 0 unspecified atom stereocenters. The van der Waals surface area contributed by atoms with E-state index in [2.05, 4.69) is 5.10 Å². The molecule has 0 spiro atoms. The van der Waals surface area contributed by atoms with Crippen LogP contribution in [0.4, 0.5) is 9.18 Å². The van der Waals surface area contributed by atoms with Crippen molar-refractivity contribution in [2.45, 2.75) is 32.4 Å². The van der Waals surface area contributed by atoms with Crippen LogP contribution >= 0.6 is 0 Å². The standard InChI is InChI=1S/C16H16FN3O3/c1-10-12(9-21)8-20(18-10)15-11(3-2-4-14(15)17)7-19(16(22)23)13-5-6-13/h2-4,8-9,13H,5-7H2,1H3,(H,22,23). The summed E-state index contributed by atoms with van der Waals surface area (Å²) in [5.74, 6) is -0.511. The highest BCUT2D eigenvalue weighted by atomic mass is 19.1. The summed E-state index contributed by atoms with van der Waals surface area (Å²) in [6.07, 6.45) is 2.74. The summed E-state index contributed by atoms with van der Waals surface area (Å²) in [6.45, 7) is 1.75. The van der Waals surface area contributed by atoms with Gasteiger partial charge in [0.05, 0.1) is 17.8 Å². The lowest BCUT2D eigenvalue weighted by atomic mass is 10.1. The summed E-state index contributed by atoms with van der Waals surface area (Å²) in [5.41, 5.74) is 1.55. The van der Waals surface area contributed by atoms with E-state index in [1.54, 1.807) is 13.0 Å².